The molecule has 2 aromatic carbocycles. The van der Waals surface area contributed by atoms with E-state index in [2.05, 4.69) is 4.98 Å². The highest BCUT2D eigenvalue weighted by Gasteiger charge is 2.15. The normalized spacial score (nSPS) is 12.5. The van der Waals surface area contributed by atoms with Crippen LogP contribution in [-0.4, -0.2) is 10.1 Å². The molecular weight excluding hydrogens is 305 g/mol. The second-order valence-electron chi connectivity index (χ2n) is 4.85. The molecule has 0 bridgehead atoms. The Balaban J connectivity index is 1.97. The number of nitrogens with zero attached hydrogens (tertiary/aromatic N) is 1. The predicted octanol–water partition coefficient (Wildman–Crippen LogP) is 4.82. The van der Waals surface area contributed by atoms with Crippen LogP contribution in [0.1, 0.15) is 17.4 Å². The van der Waals surface area contributed by atoms with Crippen LogP contribution >= 0.6 is 23.2 Å². The lowest BCUT2D eigenvalue weighted by atomic mass is 10.0. The number of hydrogen-bond acceptors (Lipinski definition) is 2. The van der Waals surface area contributed by atoms with Crippen LogP contribution in [0.5, 0.6) is 0 Å². The van der Waals surface area contributed by atoms with Crippen molar-refractivity contribution >= 4 is 34.0 Å². The van der Waals surface area contributed by atoms with Gasteiger partial charge in [0.05, 0.1) is 15.7 Å². The predicted molar refractivity (Wildman–Crippen MR) is 86.9 cm³/mol. The number of aliphatic hydroxyl groups excluding tert-OH is 1. The molecule has 4 heteroatoms. The van der Waals surface area contributed by atoms with E-state index in [-0.39, 0.29) is 0 Å². The van der Waals surface area contributed by atoms with E-state index in [1.807, 2.05) is 42.5 Å². The van der Waals surface area contributed by atoms with Crippen LogP contribution in [-0.2, 0) is 6.42 Å². The number of fused-ring (bicyclic) bond motifs is 1. The van der Waals surface area contributed by atoms with E-state index < -0.39 is 6.10 Å². The van der Waals surface area contributed by atoms with E-state index in [1.54, 1.807) is 12.3 Å². The van der Waals surface area contributed by atoms with Crippen molar-refractivity contribution in [3.05, 3.63) is 76.0 Å². The number of rotatable bonds is 3. The van der Waals surface area contributed by atoms with Gasteiger partial charge in [-0.2, -0.15) is 0 Å². The van der Waals surface area contributed by atoms with Crippen LogP contribution in [0.2, 0.25) is 10.0 Å². The highest BCUT2D eigenvalue weighted by atomic mass is 35.5. The zero-order chi connectivity index (χ0) is 14.8. The molecule has 0 saturated heterocycles. The van der Waals surface area contributed by atoms with Crippen LogP contribution < -0.4 is 0 Å². The Morgan fingerprint density at radius 1 is 1.00 bits per heavy atom. The van der Waals surface area contributed by atoms with Gasteiger partial charge in [-0.3, -0.25) is 4.98 Å². The Morgan fingerprint density at radius 2 is 1.81 bits per heavy atom. The minimum atomic E-state index is -0.730. The molecule has 0 spiro atoms. The minimum absolute atomic E-state index is 0.375. The second kappa shape index (κ2) is 6.02. The van der Waals surface area contributed by atoms with Gasteiger partial charge in [0, 0.05) is 18.0 Å². The Kier molecular flexibility index (Phi) is 4.11. The third-order valence-corrected chi connectivity index (χ3v) is 4.32. The molecular formula is C17H13Cl2NO. The lowest BCUT2D eigenvalue weighted by Crippen LogP contribution is -2.05. The number of hydrogen-bond donors (Lipinski definition) is 1. The molecule has 1 aromatic heterocycles. The average Bonchev–Trinajstić information content (AvgIpc) is 2.51. The van der Waals surface area contributed by atoms with Gasteiger partial charge in [0.25, 0.3) is 0 Å². The molecule has 2 nitrogen and oxygen atoms in total. The SMILES string of the molecule is OC(Cc1cccc(Cl)c1Cl)c1nccc2ccccc12. The highest BCUT2D eigenvalue weighted by molar-refractivity contribution is 6.42. The summed E-state index contributed by atoms with van der Waals surface area (Å²) in [6, 6.07) is 15.2. The van der Waals surface area contributed by atoms with Crippen molar-refractivity contribution in [1.29, 1.82) is 0 Å². The highest BCUT2D eigenvalue weighted by Crippen LogP contribution is 2.30. The number of aromatic nitrogens is 1. The van der Waals surface area contributed by atoms with Gasteiger partial charge in [-0.1, -0.05) is 59.6 Å². The number of halogens is 2. The molecule has 1 heterocycles. The molecule has 3 aromatic rings. The zero-order valence-corrected chi connectivity index (χ0v) is 12.6. The lowest BCUT2D eigenvalue weighted by Gasteiger charge is -2.14. The van der Waals surface area contributed by atoms with E-state index in [4.69, 9.17) is 23.2 Å². The van der Waals surface area contributed by atoms with E-state index in [0.29, 0.717) is 22.2 Å². The molecule has 0 aliphatic rings. The summed E-state index contributed by atoms with van der Waals surface area (Å²) in [6.07, 6.45) is 1.35. The van der Waals surface area contributed by atoms with Crippen molar-refractivity contribution in [1.82, 2.24) is 4.98 Å². The lowest BCUT2D eigenvalue weighted by molar-refractivity contribution is 0.175. The maximum Gasteiger partial charge on any atom is 0.101 e. The number of benzene rings is 2. The average molecular weight is 318 g/mol. The summed E-state index contributed by atoms with van der Waals surface area (Å²) in [6.45, 7) is 0. The summed E-state index contributed by atoms with van der Waals surface area (Å²) < 4.78 is 0. The van der Waals surface area contributed by atoms with Crippen molar-refractivity contribution in [3.8, 4) is 0 Å². The molecule has 0 radical (unpaired) electrons. The van der Waals surface area contributed by atoms with Crippen LogP contribution in [0, 0.1) is 0 Å². The summed E-state index contributed by atoms with van der Waals surface area (Å²) in [4.78, 5) is 4.33. The van der Waals surface area contributed by atoms with Gasteiger partial charge in [0.2, 0.25) is 0 Å². The largest absolute Gasteiger partial charge is 0.386 e. The Bertz CT molecular complexity index is 783. The molecule has 1 atom stereocenters. The van der Waals surface area contributed by atoms with Crippen molar-refractivity contribution in [2.24, 2.45) is 0 Å². The standard InChI is InChI=1S/C17H13Cl2NO/c18-14-7-3-5-12(16(14)19)10-15(21)17-13-6-2-1-4-11(13)8-9-20-17/h1-9,15,21H,10H2. The van der Waals surface area contributed by atoms with E-state index in [1.165, 1.54) is 0 Å². The van der Waals surface area contributed by atoms with Crippen LogP contribution in [0.15, 0.2) is 54.7 Å². The molecule has 0 fully saturated rings. The molecule has 1 unspecified atom stereocenters. The Morgan fingerprint density at radius 3 is 2.67 bits per heavy atom. The molecule has 3 rings (SSSR count). The molecule has 0 amide bonds. The van der Waals surface area contributed by atoms with Gasteiger partial charge in [0.15, 0.2) is 0 Å². The fourth-order valence-electron chi connectivity index (χ4n) is 2.42. The maximum atomic E-state index is 10.5. The first-order valence-corrected chi connectivity index (χ1v) is 7.37. The van der Waals surface area contributed by atoms with Crippen molar-refractivity contribution in [3.63, 3.8) is 0 Å². The Hall–Kier alpha value is -1.61. The van der Waals surface area contributed by atoms with Crippen molar-refractivity contribution in [2.45, 2.75) is 12.5 Å². The molecule has 0 aliphatic carbocycles. The van der Waals surface area contributed by atoms with Gasteiger partial charge in [-0.15, -0.1) is 0 Å². The smallest absolute Gasteiger partial charge is 0.101 e. The summed E-state index contributed by atoms with van der Waals surface area (Å²) >= 11 is 12.2. The van der Waals surface area contributed by atoms with E-state index >= 15 is 0 Å². The third-order valence-electron chi connectivity index (χ3n) is 3.46. The minimum Gasteiger partial charge on any atom is -0.386 e. The third kappa shape index (κ3) is 2.88. The van der Waals surface area contributed by atoms with Gasteiger partial charge in [0.1, 0.15) is 6.10 Å². The van der Waals surface area contributed by atoms with E-state index in [9.17, 15) is 5.11 Å². The number of aliphatic hydroxyl groups is 1. The first kappa shape index (κ1) is 14.3. The van der Waals surface area contributed by atoms with E-state index in [0.717, 1.165) is 16.3 Å². The summed E-state index contributed by atoms with van der Waals surface area (Å²) in [5, 5.41) is 13.5. The maximum absolute atomic E-state index is 10.5. The molecule has 21 heavy (non-hydrogen) atoms. The Labute approximate surface area is 133 Å². The summed E-state index contributed by atoms with van der Waals surface area (Å²) in [7, 11) is 0. The topological polar surface area (TPSA) is 33.1 Å². The molecule has 1 N–H and O–H groups in total. The fourth-order valence-corrected chi connectivity index (χ4v) is 2.82. The summed E-state index contributed by atoms with van der Waals surface area (Å²) in [5.74, 6) is 0. The van der Waals surface area contributed by atoms with Crippen molar-refractivity contribution in [2.75, 3.05) is 0 Å². The molecule has 106 valence electrons. The number of pyridine rings is 1. The molecule has 0 aliphatic heterocycles. The van der Waals surface area contributed by atoms with Crippen LogP contribution in [0.3, 0.4) is 0 Å². The van der Waals surface area contributed by atoms with Crippen molar-refractivity contribution < 1.29 is 5.11 Å². The van der Waals surface area contributed by atoms with Gasteiger partial charge in [-0.05, 0) is 23.1 Å². The molecule has 0 saturated carbocycles. The monoisotopic (exact) mass is 317 g/mol. The summed E-state index contributed by atoms with van der Waals surface area (Å²) in [5.41, 5.74) is 1.47. The van der Waals surface area contributed by atoms with Gasteiger partial charge >= 0.3 is 0 Å². The first-order valence-electron chi connectivity index (χ1n) is 6.61. The zero-order valence-electron chi connectivity index (χ0n) is 11.1. The van der Waals surface area contributed by atoms with Crippen LogP contribution in [0.25, 0.3) is 10.8 Å². The second-order valence-corrected chi connectivity index (χ2v) is 5.64. The van der Waals surface area contributed by atoms with Gasteiger partial charge < -0.3 is 5.11 Å². The fraction of sp³-hybridized carbons (Fsp3) is 0.118. The van der Waals surface area contributed by atoms with Gasteiger partial charge in [-0.25, -0.2) is 0 Å². The first-order chi connectivity index (χ1) is 10.2. The van der Waals surface area contributed by atoms with Crippen LogP contribution in [0.4, 0.5) is 0 Å². The quantitative estimate of drug-likeness (QED) is 0.751.